The van der Waals surface area contributed by atoms with E-state index < -0.39 is 0 Å². The first-order chi connectivity index (χ1) is 12.8. The average Bonchev–Trinajstić information content (AvgIpc) is 3.20. The topological polar surface area (TPSA) is 41.1 Å². The fourth-order valence-electron chi connectivity index (χ4n) is 3.62. The molecule has 0 saturated carbocycles. The third-order valence-corrected chi connectivity index (χ3v) is 5.04. The monoisotopic (exact) mass is 342 g/mol. The van der Waals surface area contributed by atoms with Gasteiger partial charge in [-0.25, -0.2) is 0 Å². The Morgan fingerprint density at radius 2 is 1.38 bits per heavy atom. The van der Waals surface area contributed by atoms with Gasteiger partial charge in [-0.05, 0) is 28.8 Å². The summed E-state index contributed by atoms with van der Waals surface area (Å²) in [5.41, 5.74) is 4.38. The van der Waals surface area contributed by atoms with E-state index in [1.54, 1.807) is 0 Å². The summed E-state index contributed by atoms with van der Waals surface area (Å²) < 4.78 is 0. The number of carbonyl (C=O) groups excluding carboxylic acids is 1. The maximum absolute atomic E-state index is 12.8. The zero-order valence-electron chi connectivity index (χ0n) is 14.6. The summed E-state index contributed by atoms with van der Waals surface area (Å²) in [5.74, 6) is 0.252. The van der Waals surface area contributed by atoms with Gasteiger partial charge in [0.25, 0.3) is 0 Å². The van der Waals surface area contributed by atoms with Crippen LogP contribution in [0.25, 0.3) is 11.1 Å². The van der Waals surface area contributed by atoms with Crippen LogP contribution in [-0.4, -0.2) is 19.0 Å². The third kappa shape index (κ3) is 3.53. The lowest BCUT2D eigenvalue weighted by atomic mass is 9.88. The van der Waals surface area contributed by atoms with Gasteiger partial charge in [0.15, 0.2) is 0 Å². The van der Waals surface area contributed by atoms with E-state index in [1.165, 1.54) is 11.1 Å². The highest BCUT2D eigenvalue weighted by Crippen LogP contribution is 2.29. The Hall–Kier alpha value is -2.91. The summed E-state index contributed by atoms with van der Waals surface area (Å²) >= 11 is 0. The number of rotatable bonds is 4. The van der Waals surface area contributed by atoms with Gasteiger partial charge in [0.1, 0.15) is 0 Å². The molecule has 1 aliphatic heterocycles. The fraction of sp³-hybridized carbons (Fsp3) is 0.174. The molecule has 2 N–H and O–H groups in total. The molecule has 3 aromatic rings. The SMILES string of the molecule is O=C(Nc1ccc(-c2ccccc2)cc1)C1CNCC1c1ccccc1. The highest BCUT2D eigenvalue weighted by atomic mass is 16.1. The van der Waals surface area contributed by atoms with Crippen LogP contribution >= 0.6 is 0 Å². The minimum Gasteiger partial charge on any atom is -0.326 e. The summed E-state index contributed by atoms with van der Waals surface area (Å²) in [4.78, 5) is 12.8. The maximum atomic E-state index is 12.8. The van der Waals surface area contributed by atoms with E-state index in [9.17, 15) is 4.79 Å². The lowest BCUT2D eigenvalue weighted by Crippen LogP contribution is -2.28. The van der Waals surface area contributed by atoms with Crippen LogP contribution in [-0.2, 0) is 4.79 Å². The molecule has 4 rings (SSSR count). The highest BCUT2D eigenvalue weighted by Gasteiger charge is 2.33. The number of nitrogens with one attached hydrogen (secondary N) is 2. The molecule has 1 aliphatic rings. The zero-order chi connectivity index (χ0) is 17.8. The van der Waals surface area contributed by atoms with E-state index in [0.717, 1.165) is 17.8 Å². The van der Waals surface area contributed by atoms with Gasteiger partial charge in [-0.2, -0.15) is 0 Å². The van der Waals surface area contributed by atoms with E-state index in [4.69, 9.17) is 0 Å². The van der Waals surface area contributed by atoms with Gasteiger partial charge in [-0.3, -0.25) is 4.79 Å². The predicted molar refractivity (Wildman–Crippen MR) is 106 cm³/mol. The van der Waals surface area contributed by atoms with Crippen LogP contribution in [0.2, 0.25) is 0 Å². The Labute approximate surface area is 154 Å². The van der Waals surface area contributed by atoms with Gasteiger partial charge in [-0.1, -0.05) is 72.8 Å². The molecule has 0 aliphatic carbocycles. The number of anilines is 1. The van der Waals surface area contributed by atoms with Crippen LogP contribution in [0.5, 0.6) is 0 Å². The van der Waals surface area contributed by atoms with Crippen molar-refractivity contribution in [2.24, 2.45) is 5.92 Å². The molecule has 2 atom stereocenters. The molecule has 2 unspecified atom stereocenters. The number of carbonyl (C=O) groups is 1. The van der Waals surface area contributed by atoms with Gasteiger partial charge in [-0.15, -0.1) is 0 Å². The number of benzene rings is 3. The molecule has 130 valence electrons. The normalized spacial score (nSPS) is 19.2. The molecule has 0 spiro atoms. The second-order valence-corrected chi connectivity index (χ2v) is 6.71. The summed E-state index contributed by atoms with van der Waals surface area (Å²) in [6.45, 7) is 1.56. The molecule has 1 heterocycles. The molecule has 0 aromatic heterocycles. The molecule has 0 radical (unpaired) electrons. The first kappa shape index (κ1) is 16.6. The molecular weight excluding hydrogens is 320 g/mol. The van der Waals surface area contributed by atoms with E-state index in [-0.39, 0.29) is 17.7 Å². The Morgan fingerprint density at radius 3 is 2.08 bits per heavy atom. The van der Waals surface area contributed by atoms with Gasteiger partial charge in [0, 0.05) is 24.7 Å². The fourth-order valence-corrected chi connectivity index (χ4v) is 3.62. The van der Waals surface area contributed by atoms with Gasteiger partial charge < -0.3 is 10.6 Å². The first-order valence-corrected chi connectivity index (χ1v) is 9.03. The van der Waals surface area contributed by atoms with Gasteiger partial charge in [0.05, 0.1) is 5.92 Å². The lowest BCUT2D eigenvalue weighted by Gasteiger charge is -2.18. The smallest absolute Gasteiger partial charge is 0.229 e. The number of amides is 1. The van der Waals surface area contributed by atoms with Crippen molar-refractivity contribution in [3.05, 3.63) is 90.5 Å². The maximum Gasteiger partial charge on any atom is 0.229 e. The number of hydrogen-bond acceptors (Lipinski definition) is 2. The van der Waals surface area contributed by atoms with Crippen molar-refractivity contribution in [3.8, 4) is 11.1 Å². The van der Waals surface area contributed by atoms with Crippen LogP contribution in [0.1, 0.15) is 11.5 Å². The molecule has 26 heavy (non-hydrogen) atoms. The summed E-state index contributed by atoms with van der Waals surface area (Å²) in [6, 6.07) is 28.6. The summed E-state index contributed by atoms with van der Waals surface area (Å²) in [6.07, 6.45) is 0. The van der Waals surface area contributed by atoms with Gasteiger partial charge in [0.2, 0.25) is 5.91 Å². The largest absolute Gasteiger partial charge is 0.326 e. The van der Waals surface area contributed by atoms with Crippen LogP contribution in [0.4, 0.5) is 5.69 Å². The van der Waals surface area contributed by atoms with Crippen molar-refractivity contribution in [2.45, 2.75) is 5.92 Å². The molecule has 3 nitrogen and oxygen atoms in total. The minimum absolute atomic E-state index is 0.0498. The Kier molecular flexibility index (Phi) is 4.80. The van der Waals surface area contributed by atoms with E-state index >= 15 is 0 Å². The summed E-state index contributed by atoms with van der Waals surface area (Å²) in [5, 5.41) is 6.44. The van der Waals surface area contributed by atoms with E-state index in [2.05, 4.69) is 34.9 Å². The molecular formula is C23H22N2O. The van der Waals surface area contributed by atoms with E-state index in [0.29, 0.717) is 6.54 Å². The Bertz CT molecular complexity index is 860. The van der Waals surface area contributed by atoms with Crippen molar-refractivity contribution in [1.29, 1.82) is 0 Å². The van der Waals surface area contributed by atoms with Crippen molar-refractivity contribution >= 4 is 11.6 Å². The van der Waals surface area contributed by atoms with Crippen molar-refractivity contribution in [1.82, 2.24) is 5.32 Å². The molecule has 3 heteroatoms. The molecule has 0 bridgehead atoms. The Balaban J connectivity index is 1.46. The van der Waals surface area contributed by atoms with Crippen molar-refractivity contribution < 1.29 is 4.79 Å². The van der Waals surface area contributed by atoms with Crippen molar-refractivity contribution in [3.63, 3.8) is 0 Å². The first-order valence-electron chi connectivity index (χ1n) is 9.03. The molecule has 1 fully saturated rings. The average molecular weight is 342 g/mol. The molecule has 1 amide bonds. The highest BCUT2D eigenvalue weighted by molar-refractivity contribution is 5.94. The van der Waals surface area contributed by atoms with Crippen LogP contribution < -0.4 is 10.6 Å². The lowest BCUT2D eigenvalue weighted by molar-refractivity contribution is -0.119. The van der Waals surface area contributed by atoms with Crippen LogP contribution in [0.3, 0.4) is 0 Å². The summed E-state index contributed by atoms with van der Waals surface area (Å²) in [7, 11) is 0. The zero-order valence-corrected chi connectivity index (χ0v) is 14.6. The standard InChI is InChI=1S/C23H22N2O/c26-23(22-16-24-15-21(22)19-9-5-2-6-10-19)25-20-13-11-18(12-14-20)17-7-3-1-4-8-17/h1-14,21-22,24H,15-16H2,(H,25,26). The number of hydrogen-bond donors (Lipinski definition) is 2. The second-order valence-electron chi connectivity index (χ2n) is 6.71. The van der Waals surface area contributed by atoms with Gasteiger partial charge >= 0.3 is 0 Å². The molecule has 3 aromatic carbocycles. The Morgan fingerprint density at radius 1 is 0.769 bits per heavy atom. The van der Waals surface area contributed by atoms with Crippen LogP contribution in [0, 0.1) is 5.92 Å². The van der Waals surface area contributed by atoms with Crippen LogP contribution in [0.15, 0.2) is 84.9 Å². The van der Waals surface area contributed by atoms with Crippen molar-refractivity contribution in [2.75, 3.05) is 18.4 Å². The second kappa shape index (κ2) is 7.54. The predicted octanol–water partition coefficient (Wildman–Crippen LogP) is 4.30. The molecule has 1 saturated heterocycles. The van der Waals surface area contributed by atoms with E-state index in [1.807, 2.05) is 60.7 Å². The third-order valence-electron chi connectivity index (χ3n) is 5.04. The minimum atomic E-state index is -0.0498. The quantitative estimate of drug-likeness (QED) is 0.742.